The molecule has 1 aliphatic heterocycles. The molecule has 184 valence electrons. The summed E-state index contributed by atoms with van der Waals surface area (Å²) in [7, 11) is 0. The molecule has 34 heavy (non-hydrogen) atoms. The number of amides is 3. The summed E-state index contributed by atoms with van der Waals surface area (Å²) in [4.78, 5) is 50.7. The van der Waals surface area contributed by atoms with Gasteiger partial charge in [-0.3, -0.25) is 19.7 Å². The van der Waals surface area contributed by atoms with Gasteiger partial charge in [-0.2, -0.15) is 5.26 Å². The number of pyridine rings is 1. The maximum absolute atomic E-state index is 13.3. The van der Waals surface area contributed by atoms with Crippen molar-refractivity contribution in [2.24, 2.45) is 11.8 Å². The van der Waals surface area contributed by atoms with Crippen LogP contribution in [0, 0.1) is 30.1 Å². The van der Waals surface area contributed by atoms with Crippen molar-refractivity contribution < 1.29 is 19.1 Å². The molecule has 1 saturated carbocycles. The largest absolute Gasteiger partial charge is 0.444 e. The number of nitrogens with zero attached hydrogens (tertiary/aromatic N) is 2. The predicted molar refractivity (Wildman–Crippen MR) is 125 cm³/mol. The van der Waals surface area contributed by atoms with Gasteiger partial charge in [0.05, 0.1) is 6.07 Å². The van der Waals surface area contributed by atoms with Gasteiger partial charge in [0.1, 0.15) is 23.4 Å². The Bertz CT molecular complexity index is 1050. The maximum atomic E-state index is 13.3. The van der Waals surface area contributed by atoms with Gasteiger partial charge in [-0.1, -0.05) is 12.8 Å². The van der Waals surface area contributed by atoms with Gasteiger partial charge in [0, 0.05) is 18.7 Å². The van der Waals surface area contributed by atoms with Gasteiger partial charge in [-0.25, -0.2) is 4.79 Å². The molecule has 2 fully saturated rings. The third-order valence-corrected chi connectivity index (χ3v) is 6.00. The zero-order valence-corrected chi connectivity index (χ0v) is 20.1. The van der Waals surface area contributed by atoms with E-state index in [1.54, 1.807) is 33.8 Å². The SMILES string of the molecule is Cc1ccn(C(CC2CC2)C(=O)N[C@H](C#N)C[C@@H]2CCNC2=O)c(=O)c1NC(=O)OC(C)(C)C. The van der Waals surface area contributed by atoms with Crippen LogP contribution >= 0.6 is 0 Å². The first-order valence-corrected chi connectivity index (χ1v) is 11.7. The van der Waals surface area contributed by atoms with E-state index in [1.165, 1.54) is 10.8 Å². The number of anilines is 1. The summed E-state index contributed by atoms with van der Waals surface area (Å²) in [5.41, 5.74) is -0.664. The smallest absolute Gasteiger partial charge is 0.412 e. The van der Waals surface area contributed by atoms with Crippen molar-refractivity contribution in [3.8, 4) is 6.07 Å². The molecular weight excluding hydrogens is 438 g/mol. The summed E-state index contributed by atoms with van der Waals surface area (Å²) < 4.78 is 6.58. The van der Waals surface area contributed by atoms with Crippen LogP contribution in [0.2, 0.25) is 0 Å². The number of carbonyl (C=O) groups excluding carboxylic acids is 3. The minimum absolute atomic E-state index is 0.0461. The van der Waals surface area contributed by atoms with E-state index in [1.807, 2.05) is 0 Å². The predicted octanol–water partition coefficient (Wildman–Crippen LogP) is 2.38. The van der Waals surface area contributed by atoms with Crippen LogP contribution in [0.15, 0.2) is 17.1 Å². The van der Waals surface area contributed by atoms with Crippen molar-refractivity contribution in [1.29, 1.82) is 5.26 Å². The van der Waals surface area contributed by atoms with Crippen LogP contribution in [-0.4, -0.2) is 40.7 Å². The molecule has 2 heterocycles. The number of hydrogen-bond acceptors (Lipinski definition) is 6. The van der Waals surface area contributed by atoms with Crippen LogP contribution in [0.3, 0.4) is 0 Å². The number of aromatic nitrogens is 1. The van der Waals surface area contributed by atoms with E-state index in [0.29, 0.717) is 30.9 Å². The van der Waals surface area contributed by atoms with Crippen molar-refractivity contribution >= 4 is 23.6 Å². The van der Waals surface area contributed by atoms with Crippen LogP contribution in [0.5, 0.6) is 0 Å². The molecular formula is C24H33N5O5. The minimum atomic E-state index is -0.844. The summed E-state index contributed by atoms with van der Waals surface area (Å²) in [6.45, 7) is 7.41. The Morgan fingerprint density at radius 2 is 1.97 bits per heavy atom. The topological polar surface area (TPSA) is 142 Å². The Labute approximate surface area is 199 Å². The molecule has 1 aromatic rings. The third kappa shape index (κ3) is 6.59. The molecule has 0 aromatic carbocycles. The van der Waals surface area contributed by atoms with Gasteiger partial charge in [0.15, 0.2) is 0 Å². The van der Waals surface area contributed by atoms with Crippen LogP contribution in [0.1, 0.15) is 64.5 Å². The van der Waals surface area contributed by atoms with Crippen molar-refractivity contribution in [3.05, 3.63) is 28.2 Å². The molecule has 3 N–H and O–H groups in total. The molecule has 2 aliphatic rings. The molecule has 0 spiro atoms. The fourth-order valence-electron chi connectivity index (χ4n) is 4.03. The van der Waals surface area contributed by atoms with Crippen molar-refractivity contribution in [1.82, 2.24) is 15.2 Å². The zero-order valence-electron chi connectivity index (χ0n) is 20.1. The zero-order chi connectivity index (χ0) is 25.0. The number of carbonyl (C=O) groups is 3. The van der Waals surface area contributed by atoms with Crippen molar-refractivity contribution in [2.45, 2.75) is 77.5 Å². The average molecular weight is 472 g/mol. The van der Waals surface area contributed by atoms with Crippen molar-refractivity contribution in [2.75, 3.05) is 11.9 Å². The van der Waals surface area contributed by atoms with Gasteiger partial charge in [0.25, 0.3) is 5.56 Å². The summed E-state index contributed by atoms with van der Waals surface area (Å²) >= 11 is 0. The number of aryl methyl sites for hydroxylation is 1. The molecule has 1 aromatic heterocycles. The Morgan fingerprint density at radius 1 is 1.26 bits per heavy atom. The van der Waals surface area contributed by atoms with Gasteiger partial charge in [0.2, 0.25) is 11.8 Å². The molecule has 10 nitrogen and oxygen atoms in total. The highest BCUT2D eigenvalue weighted by Crippen LogP contribution is 2.37. The van der Waals surface area contributed by atoms with E-state index in [4.69, 9.17) is 4.74 Å². The second kappa shape index (κ2) is 10.3. The molecule has 1 saturated heterocycles. The van der Waals surface area contributed by atoms with Crippen molar-refractivity contribution in [3.63, 3.8) is 0 Å². The number of hydrogen-bond donors (Lipinski definition) is 3. The Balaban J connectivity index is 1.82. The number of rotatable bonds is 8. The van der Waals surface area contributed by atoms with E-state index < -0.39 is 35.2 Å². The summed E-state index contributed by atoms with van der Waals surface area (Å²) in [5.74, 6) is -0.575. The quantitative estimate of drug-likeness (QED) is 0.531. The number of nitrogens with one attached hydrogen (secondary N) is 3. The molecule has 10 heteroatoms. The monoisotopic (exact) mass is 471 g/mol. The highest BCUT2D eigenvalue weighted by molar-refractivity contribution is 5.86. The molecule has 3 atom stereocenters. The molecule has 1 unspecified atom stereocenters. The van der Waals surface area contributed by atoms with E-state index in [-0.39, 0.29) is 23.9 Å². The van der Waals surface area contributed by atoms with E-state index >= 15 is 0 Å². The van der Waals surface area contributed by atoms with Gasteiger partial charge >= 0.3 is 6.09 Å². The van der Waals surface area contributed by atoms with Gasteiger partial charge < -0.3 is 19.9 Å². The first-order chi connectivity index (χ1) is 16.0. The Hall–Kier alpha value is -3.35. The highest BCUT2D eigenvalue weighted by Gasteiger charge is 2.34. The lowest BCUT2D eigenvalue weighted by Crippen LogP contribution is -2.43. The number of ether oxygens (including phenoxy) is 1. The Morgan fingerprint density at radius 3 is 2.53 bits per heavy atom. The third-order valence-electron chi connectivity index (χ3n) is 6.00. The Kier molecular flexibility index (Phi) is 7.64. The first kappa shape index (κ1) is 25.3. The lowest BCUT2D eigenvalue weighted by Gasteiger charge is -2.24. The van der Waals surface area contributed by atoms with E-state index in [9.17, 15) is 24.4 Å². The second-order valence-corrected chi connectivity index (χ2v) is 10.1. The first-order valence-electron chi connectivity index (χ1n) is 11.7. The normalized spacial score (nSPS) is 19.5. The maximum Gasteiger partial charge on any atom is 0.412 e. The van der Waals surface area contributed by atoms with Crippen LogP contribution in [0.25, 0.3) is 0 Å². The van der Waals surface area contributed by atoms with E-state index in [2.05, 4.69) is 22.0 Å². The average Bonchev–Trinajstić information content (AvgIpc) is 3.48. The fraction of sp³-hybridized carbons (Fsp3) is 0.625. The summed E-state index contributed by atoms with van der Waals surface area (Å²) in [6, 6.07) is 2.04. The minimum Gasteiger partial charge on any atom is -0.444 e. The number of nitriles is 1. The lowest BCUT2D eigenvalue weighted by atomic mass is 9.98. The standard InChI is InChI=1S/C24H33N5O5/c1-14-8-10-29(22(32)19(14)28-23(33)34-24(2,3)4)18(11-15-5-6-15)21(31)27-17(13-25)12-16-7-9-26-20(16)30/h8,10,15-18H,5-7,9,11-12H2,1-4H3,(H,26,30)(H,27,31)(H,28,33)/t16-,17-,18?/m0/s1. The lowest BCUT2D eigenvalue weighted by molar-refractivity contribution is -0.126. The fourth-order valence-corrected chi connectivity index (χ4v) is 4.03. The van der Waals surface area contributed by atoms with Crippen LogP contribution in [-0.2, 0) is 14.3 Å². The molecule has 0 bridgehead atoms. The highest BCUT2D eigenvalue weighted by atomic mass is 16.6. The molecule has 3 amide bonds. The molecule has 0 radical (unpaired) electrons. The summed E-state index contributed by atoms with van der Waals surface area (Å²) in [5, 5.41) is 17.5. The molecule has 3 rings (SSSR count). The van der Waals surface area contributed by atoms with E-state index in [0.717, 1.165) is 12.8 Å². The van der Waals surface area contributed by atoms with Crippen LogP contribution < -0.4 is 21.5 Å². The second-order valence-electron chi connectivity index (χ2n) is 10.1. The van der Waals surface area contributed by atoms with Gasteiger partial charge in [-0.05, 0) is 64.5 Å². The van der Waals surface area contributed by atoms with Gasteiger partial charge in [-0.15, -0.1) is 0 Å². The summed E-state index contributed by atoms with van der Waals surface area (Å²) in [6.07, 6.45) is 4.01. The molecule has 1 aliphatic carbocycles. The van der Waals surface area contributed by atoms with Crippen LogP contribution in [0.4, 0.5) is 10.5 Å².